The van der Waals surface area contributed by atoms with Gasteiger partial charge in [-0.2, -0.15) is 0 Å². The van der Waals surface area contributed by atoms with Gasteiger partial charge in [0.1, 0.15) is 6.54 Å². The van der Waals surface area contributed by atoms with Crippen LogP contribution in [0.1, 0.15) is 51.9 Å². The van der Waals surface area contributed by atoms with Crippen molar-refractivity contribution in [3.05, 3.63) is 0 Å². The van der Waals surface area contributed by atoms with Crippen LogP contribution in [0, 0.1) is 23.2 Å². The van der Waals surface area contributed by atoms with Crippen molar-refractivity contribution in [2.45, 2.75) is 58.0 Å². The lowest BCUT2D eigenvalue weighted by molar-refractivity contribution is -0.157. The zero-order valence-electron chi connectivity index (χ0n) is 16.4. The topological polar surface area (TPSA) is 105 Å². The zero-order valence-corrected chi connectivity index (χ0v) is 16.4. The molecule has 5 aliphatic rings. The Labute approximate surface area is 164 Å². The molecule has 154 valence electrons. The van der Waals surface area contributed by atoms with Gasteiger partial charge in [-0.05, 0) is 68.6 Å². The van der Waals surface area contributed by atoms with Crippen molar-refractivity contribution in [3.63, 3.8) is 0 Å². The zero-order chi connectivity index (χ0) is 19.9. The summed E-state index contributed by atoms with van der Waals surface area (Å²) in [5.74, 6) is 0.996. The molecule has 0 aromatic carbocycles. The molecule has 2 N–H and O–H groups in total. The van der Waals surface area contributed by atoms with Crippen LogP contribution >= 0.6 is 0 Å². The molecule has 0 unspecified atom stereocenters. The predicted octanol–water partition coefficient (Wildman–Crippen LogP) is 1.19. The molecule has 8 heteroatoms. The van der Waals surface area contributed by atoms with Gasteiger partial charge in [-0.1, -0.05) is 0 Å². The van der Waals surface area contributed by atoms with Crippen molar-refractivity contribution in [3.8, 4) is 0 Å². The third-order valence-corrected chi connectivity index (χ3v) is 6.91. The molecule has 28 heavy (non-hydrogen) atoms. The molecule has 4 aliphatic carbocycles. The number of amides is 4. The highest BCUT2D eigenvalue weighted by molar-refractivity contribution is 5.98. The van der Waals surface area contributed by atoms with Gasteiger partial charge in [-0.3, -0.25) is 19.3 Å². The van der Waals surface area contributed by atoms with Gasteiger partial charge in [0.25, 0.3) is 5.91 Å². The first-order valence-corrected chi connectivity index (χ1v) is 10.4. The van der Waals surface area contributed by atoms with Crippen molar-refractivity contribution >= 4 is 23.8 Å². The van der Waals surface area contributed by atoms with E-state index in [0.29, 0.717) is 13.0 Å². The average molecular weight is 391 g/mol. The number of ether oxygens (including phenoxy) is 1. The molecule has 1 heterocycles. The Morgan fingerprint density at radius 1 is 1.18 bits per heavy atom. The lowest BCUT2D eigenvalue weighted by Gasteiger charge is -2.56. The van der Waals surface area contributed by atoms with Crippen LogP contribution in [-0.4, -0.2) is 54.5 Å². The molecule has 4 amide bonds. The normalized spacial score (nSPS) is 34.1. The van der Waals surface area contributed by atoms with Crippen LogP contribution in [0.25, 0.3) is 0 Å². The number of urea groups is 1. The molecule has 0 aromatic heterocycles. The Balaban J connectivity index is 1.22. The second-order valence-corrected chi connectivity index (χ2v) is 9.22. The molecule has 5 fully saturated rings. The van der Waals surface area contributed by atoms with E-state index in [9.17, 15) is 19.2 Å². The first kappa shape index (κ1) is 19.2. The van der Waals surface area contributed by atoms with Gasteiger partial charge in [0.15, 0.2) is 6.10 Å². The van der Waals surface area contributed by atoms with Crippen LogP contribution in [-0.2, 0) is 19.1 Å². The van der Waals surface area contributed by atoms with Crippen LogP contribution < -0.4 is 10.6 Å². The standard InChI is InChI=1S/C20H29N3O5/c1-12(18(26)23-3-2-21-19(23)27)28-17(25)11-22-16(24)10-20-7-13-4-14(8-20)6-15(5-13)9-20/h12-15H,2-11H2,1H3,(H,21,27)(H,22,24)/t12-,13?,14?,15?,20?/m1/s1. The predicted molar refractivity (Wildman–Crippen MR) is 98.9 cm³/mol. The number of carbonyl (C=O) groups excluding carboxylic acids is 4. The van der Waals surface area contributed by atoms with Gasteiger partial charge >= 0.3 is 12.0 Å². The van der Waals surface area contributed by atoms with Gasteiger partial charge in [0.05, 0.1) is 0 Å². The lowest BCUT2D eigenvalue weighted by atomic mass is 9.49. The molecule has 1 atom stereocenters. The molecule has 1 aliphatic heterocycles. The minimum atomic E-state index is -1.06. The van der Waals surface area contributed by atoms with Gasteiger partial charge in [-0.25, -0.2) is 4.79 Å². The number of hydrogen-bond donors (Lipinski definition) is 2. The highest BCUT2D eigenvalue weighted by Gasteiger charge is 2.51. The Bertz CT molecular complexity index is 656. The summed E-state index contributed by atoms with van der Waals surface area (Å²) in [4.78, 5) is 49.2. The summed E-state index contributed by atoms with van der Waals surface area (Å²) >= 11 is 0. The molecular formula is C20H29N3O5. The smallest absolute Gasteiger partial charge is 0.326 e. The van der Waals surface area contributed by atoms with E-state index in [1.165, 1.54) is 26.2 Å². The van der Waals surface area contributed by atoms with Crippen LogP contribution in [0.2, 0.25) is 0 Å². The summed E-state index contributed by atoms with van der Waals surface area (Å²) in [6.07, 6.45) is 6.82. The van der Waals surface area contributed by atoms with E-state index in [1.54, 1.807) is 0 Å². The number of esters is 1. The summed E-state index contributed by atoms with van der Waals surface area (Å²) in [6, 6.07) is -0.475. The van der Waals surface area contributed by atoms with Crippen LogP contribution in [0.4, 0.5) is 4.79 Å². The summed E-state index contributed by atoms with van der Waals surface area (Å²) < 4.78 is 5.09. The largest absolute Gasteiger partial charge is 0.451 e. The van der Waals surface area contributed by atoms with Crippen LogP contribution in [0.5, 0.6) is 0 Å². The molecule has 0 aromatic rings. The van der Waals surface area contributed by atoms with E-state index >= 15 is 0 Å². The molecule has 0 spiro atoms. The first-order chi connectivity index (χ1) is 13.3. The highest BCUT2D eigenvalue weighted by atomic mass is 16.5. The summed E-state index contributed by atoms with van der Waals surface area (Å²) in [5, 5.41) is 5.19. The van der Waals surface area contributed by atoms with E-state index in [4.69, 9.17) is 4.74 Å². The second-order valence-electron chi connectivity index (χ2n) is 9.22. The SMILES string of the molecule is C[C@@H](OC(=O)CNC(=O)CC12CC3CC(CC(C3)C1)C2)C(=O)N1CCNC1=O. The monoisotopic (exact) mass is 391 g/mol. The summed E-state index contributed by atoms with van der Waals surface area (Å²) in [5.41, 5.74) is 0.120. The van der Waals surface area contributed by atoms with Crippen molar-refractivity contribution in [2.75, 3.05) is 19.6 Å². The fourth-order valence-electron chi connectivity index (χ4n) is 6.27. The number of nitrogens with zero attached hydrogens (tertiary/aromatic N) is 1. The maximum atomic E-state index is 12.5. The molecule has 8 nitrogen and oxygen atoms in total. The minimum absolute atomic E-state index is 0.114. The molecule has 0 radical (unpaired) electrons. The van der Waals surface area contributed by atoms with Gasteiger partial charge < -0.3 is 15.4 Å². The Morgan fingerprint density at radius 2 is 1.79 bits per heavy atom. The van der Waals surface area contributed by atoms with Crippen molar-refractivity contribution in [1.29, 1.82) is 0 Å². The summed E-state index contributed by atoms with van der Waals surface area (Å²) in [6.45, 7) is 1.84. The second kappa shape index (κ2) is 7.37. The molecule has 1 saturated heterocycles. The van der Waals surface area contributed by atoms with Gasteiger partial charge in [0, 0.05) is 19.5 Å². The Morgan fingerprint density at radius 3 is 2.32 bits per heavy atom. The van der Waals surface area contributed by atoms with Crippen LogP contribution in [0.15, 0.2) is 0 Å². The molecular weight excluding hydrogens is 362 g/mol. The Kier molecular flexibility index (Phi) is 5.05. The Hall–Kier alpha value is -2.12. The number of nitrogens with one attached hydrogen (secondary N) is 2. The molecule has 4 bridgehead atoms. The van der Waals surface area contributed by atoms with E-state index in [-0.39, 0.29) is 24.4 Å². The van der Waals surface area contributed by atoms with E-state index in [0.717, 1.165) is 41.9 Å². The van der Waals surface area contributed by atoms with Gasteiger partial charge in [0.2, 0.25) is 5.91 Å². The van der Waals surface area contributed by atoms with Gasteiger partial charge in [-0.15, -0.1) is 0 Å². The number of imide groups is 1. The molecule has 4 saturated carbocycles. The van der Waals surface area contributed by atoms with Crippen molar-refractivity contribution in [2.24, 2.45) is 23.2 Å². The highest BCUT2D eigenvalue weighted by Crippen LogP contribution is 2.61. The van der Waals surface area contributed by atoms with E-state index < -0.39 is 24.0 Å². The third kappa shape index (κ3) is 3.86. The van der Waals surface area contributed by atoms with E-state index in [1.807, 2.05) is 0 Å². The van der Waals surface area contributed by atoms with Crippen molar-refractivity contribution in [1.82, 2.24) is 15.5 Å². The first-order valence-electron chi connectivity index (χ1n) is 10.4. The number of carbonyl (C=O) groups is 4. The fourth-order valence-corrected chi connectivity index (χ4v) is 6.27. The molecule has 5 rings (SSSR count). The minimum Gasteiger partial charge on any atom is -0.451 e. The summed E-state index contributed by atoms with van der Waals surface area (Å²) in [7, 11) is 0. The number of hydrogen-bond acceptors (Lipinski definition) is 5. The van der Waals surface area contributed by atoms with E-state index in [2.05, 4.69) is 10.6 Å². The van der Waals surface area contributed by atoms with Crippen molar-refractivity contribution < 1.29 is 23.9 Å². The third-order valence-electron chi connectivity index (χ3n) is 6.91. The quantitative estimate of drug-likeness (QED) is 0.662. The fraction of sp³-hybridized carbons (Fsp3) is 0.800. The average Bonchev–Trinajstić information content (AvgIpc) is 3.03. The van der Waals surface area contributed by atoms with Crippen LogP contribution in [0.3, 0.4) is 0 Å². The maximum absolute atomic E-state index is 12.5. The maximum Gasteiger partial charge on any atom is 0.326 e. The lowest BCUT2D eigenvalue weighted by Crippen LogP contribution is -2.48. The number of rotatable bonds is 6.